The molecule has 0 fully saturated rings. The lowest BCUT2D eigenvalue weighted by Crippen LogP contribution is -2.32. The van der Waals surface area contributed by atoms with Gasteiger partial charge in [-0.15, -0.1) is 0 Å². The third-order valence-corrected chi connectivity index (χ3v) is 14.6. The van der Waals surface area contributed by atoms with E-state index in [-0.39, 0.29) is 0 Å². The maximum atomic E-state index is 2.66. The topological polar surface area (TPSA) is 9.86 Å². The maximum Gasteiger partial charge on any atom is 0.0553 e. The molecule has 4 aliphatic rings. The first-order valence-corrected chi connectivity index (χ1v) is 20.8. The van der Waals surface area contributed by atoms with E-state index in [0.29, 0.717) is 17.8 Å². The lowest BCUT2D eigenvalue weighted by atomic mass is 9.68. The first kappa shape index (κ1) is 30.0. The Morgan fingerprint density at radius 3 is 1.64 bits per heavy atom. The molecule has 0 aliphatic heterocycles. The number of allylic oxidation sites excluding steroid dienone is 1. The van der Waals surface area contributed by atoms with E-state index in [4.69, 9.17) is 0 Å². The number of benzene rings is 9. The van der Waals surface area contributed by atoms with Crippen LogP contribution in [0, 0.1) is 0 Å². The summed E-state index contributed by atoms with van der Waals surface area (Å²) in [5.74, 6) is 1.09. The van der Waals surface area contributed by atoms with Crippen molar-refractivity contribution < 1.29 is 0 Å². The summed E-state index contributed by atoms with van der Waals surface area (Å²) in [6, 6.07) is 62.1. The molecule has 2 nitrogen and oxygen atoms in total. The van der Waals surface area contributed by atoms with Crippen molar-refractivity contribution >= 4 is 76.9 Å². The largest absolute Gasteiger partial charge is 0.312 e. The second-order valence-electron chi connectivity index (χ2n) is 17.0. The Kier molecular flexibility index (Phi) is 5.39. The molecule has 58 heavy (non-hydrogen) atoms. The summed E-state index contributed by atoms with van der Waals surface area (Å²) in [7, 11) is 0. The molecule has 0 spiro atoms. The highest BCUT2D eigenvalue weighted by Crippen LogP contribution is 2.61. The molecular formula is C56H34N2. The summed E-state index contributed by atoms with van der Waals surface area (Å²) < 4.78 is 5.25. The van der Waals surface area contributed by atoms with Crippen LogP contribution in [0.1, 0.15) is 46.4 Å². The van der Waals surface area contributed by atoms with Crippen molar-refractivity contribution in [2.24, 2.45) is 0 Å². The monoisotopic (exact) mass is 734 g/mol. The minimum Gasteiger partial charge on any atom is -0.312 e. The van der Waals surface area contributed by atoms with E-state index >= 15 is 0 Å². The van der Waals surface area contributed by atoms with Gasteiger partial charge in [0, 0.05) is 55.1 Å². The second kappa shape index (κ2) is 10.4. The number of hydrogen-bond acceptors (Lipinski definition) is 0. The molecule has 0 amide bonds. The summed E-state index contributed by atoms with van der Waals surface area (Å²) >= 11 is 0. The molecule has 2 heterocycles. The SMILES string of the molecule is C1=CC2c3ccccc3C3CC(n4c5ccccc5c5ccccc54)=c4c(c1c1c(-n5c6ccccc6c6ccccc65)cc5c6c(ccc4c61)-c1ccccc1-5)C23. The lowest BCUT2D eigenvalue weighted by Gasteiger charge is -2.37. The van der Waals surface area contributed by atoms with Gasteiger partial charge in [-0.3, -0.25) is 0 Å². The maximum absolute atomic E-state index is 2.66. The predicted octanol–water partition coefficient (Wildman–Crippen LogP) is 13.6. The van der Waals surface area contributed by atoms with Crippen LogP contribution in [0.25, 0.3) is 105 Å². The Hall–Kier alpha value is -7.16. The molecule has 15 rings (SSSR count). The van der Waals surface area contributed by atoms with Crippen LogP contribution >= 0.6 is 0 Å². The lowest BCUT2D eigenvalue weighted by molar-refractivity contribution is 0.532. The van der Waals surface area contributed by atoms with Crippen molar-refractivity contribution in [2.45, 2.75) is 24.2 Å². The van der Waals surface area contributed by atoms with Crippen molar-refractivity contribution in [1.82, 2.24) is 9.13 Å². The van der Waals surface area contributed by atoms with Crippen molar-refractivity contribution in [1.29, 1.82) is 0 Å². The van der Waals surface area contributed by atoms with Crippen molar-refractivity contribution in [2.75, 3.05) is 0 Å². The van der Waals surface area contributed by atoms with Gasteiger partial charge in [-0.25, -0.2) is 0 Å². The smallest absolute Gasteiger partial charge is 0.0553 e. The van der Waals surface area contributed by atoms with E-state index in [2.05, 4.69) is 185 Å². The zero-order valence-electron chi connectivity index (χ0n) is 31.6. The highest BCUT2D eigenvalue weighted by atomic mass is 15.0. The first-order valence-electron chi connectivity index (χ1n) is 20.8. The van der Waals surface area contributed by atoms with Gasteiger partial charge in [0.15, 0.2) is 0 Å². The molecule has 0 N–H and O–H groups in total. The number of rotatable bonds is 2. The van der Waals surface area contributed by atoms with Crippen molar-refractivity contribution in [3.8, 4) is 27.9 Å². The molecule has 268 valence electrons. The molecule has 2 heteroatoms. The third kappa shape index (κ3) is 3.42. The molecule has 2 aromatic heterocycles. The second-order valence-corrected chi connectivity index (χ2v) is 17.0. The van der Waals surface area contributed by atoms with Gasteiger partial charge in [0.25, 0.3) is 0 Å². The predicted molar refractivity (Wildman–Crippen MR) is 242 cm³/mol. The van der Waals surface area contributed by atoms with Crippen LogP contribution in [0.2, 0.25) is 0 Å². The van der Waals surface area contributed by atoms with Gasteiger partial charge < -0.3 is 9.13 Å². The van der Waals surface area contributed by atoms with Gasteiger partial charge in [-0.05, 0) is 98.0 Å². The van der Waals surface area contributed by atoms with Gasteiger partial charge in [0.05, 0.1) is 27.8 Å². The minimum absolute atomic E-state index is 0.349. The third-order valence-electron chi connectivity index (χ3n) is 14.6. The molecule has 9 aromatic carbocycles. The highest BCUT2D eigenvalue weighted by Gasteiger charge is 2.47. The van der Waals surface area contributed by atoms with Gasteiger partial charge in [-0.2, -0.15) is 0 Å². The van der Waals surface area contributed by atoms with Gasteiger partial charge in [-0.1, -0.05) is 146 Å². The van der Waals surface area contributed by atoms with E-state index in [1.165, 1.54) is 126 Å². The average Bonchev–Trinajstić information content (AvgIpc) is 4.01. The Balaban J connectivity index is 1.22. The average molecular weight is 735 g/mol. The van der Waals surface area contributed by atoms with E-state index < -0.39 is 0 Å². The zero-order valence-corrected chi connectivity index (χ0v) is 31.6. The Bertz CT molecular complexity index is 3690. The van der Waals surface area contributed by atoms with E-state index in [1.807, 2.05) is 0 Å². The van der Waals surface area contributed by atoms with Crippen molar-refractivity contribution in [3.63, 3.8) is 0 Å². The molecule has 4 aliphatic carbocycles. The van der Waals surface area contributed by atoms with E-state index in [0.717, 1.165) is 6.42 Å². The number of para-hydroxylation sites is 4. The Morgan fingerprint density at radius 2 is 0.983 bits per heavy atom. The van der Waals surface area contributed by atoms with Crippen molar-refractivity contribution in [3.05, 3.63) is 197 Å². The molecule has 0 saturated carbocycles. The quantitative estimate of drug-likeness (QED) is 0.167. The number of nitrogens with zero attached hydrogens (tertiary/aromatic N) is 2. The van der Waals surface area contributed by atoms with Crippen LogP contribution in [0.15, 0.2) is 170 Å². The summed E-state index contributed by atoms with van der Waals surface area (Å²) in [6.45, 7) is 0. The fraction of sp³-hybridized carbons (Fsp3) is 0.0714. The highest BCUT2D eigenvalue weighted by molar-refractivity contribution is 6.29. The van der Waals surface area contributed by atoms with Crippen LogP contribution < -0.4 is 5.22 Å². The minimum atomic E-state index is 0.349. The fourth-order valence-corrected chi connectivity index (χ4v) is 12.6. The summed E-state index contributed by atoms with van der Waals surface area (Å²) in [5, 5.41) is 12.2. The normalized spacial score (nSPS) is 18.3. The fourth-order valence-electron chi connectivity index (χ4n) is 12.6. The summed E-state index contributed by atoms with van der Waals surface area (Å²) in [6.07, 6.45) is 6.10. The van der Waals surface area contributed by atoms with Crippen LogP contribution in [0.5, 0.6) is 0 Å². The summed E-state index contributed by atoms with van der Waals surface area (Å²) in [5.41, 5.74) is 19.1. The van der Waals surface area contributed by atoms with Crippen LogP contribution in [-0.4, -0.2) is 9.13 Å². The van der Waals surface area contributed by atoms with Crippen LogP contribution in [-0.2, 0) is 0 Å². The molecule has 0 radical (unpaired) electrons. The molecule has 3 unspecified atom stereocenters. The molecule has 3 atom stereocenters. The number of hydrogen-bond donors (Lipinski definition) is 0. The molecule has 0 bridgehead atoms. The van der Waals surface area contributed by atoms with E-state index in [9.17, 15) is 0 Å². The Morgan fingerprint density at radius 1 is 0.431 bits per heavy atom. The van der Waals surface area contributed by atoms with Crippen LogP contribution in [0.4, 0.5) is 0 Å². The van der Waals surface area contributed by atoms with E-state index in [1.54, 1.807) is 0 Å². The Labute approximate surface area is 334 Å². The van der Waals surface area contributed by atoms with Gasteiger partial charge in [0.2, 0.25) is 0 Å². The zero-order chi connectivity index (χ0) is 37.4. The summed E-state index contributed by atoms with van der Waals surface area (Å²) in [4.78, 5) is 0. The number of fused-ring (bicyclic) bond motifs is 14. The molecule has 0 saturated heterocycles. The molecule has 11 aromatic rings. The van der Waals surface area contributed by atoms with Crippen LogP contribution in [0.3, 0.4) is 0 Å². The first-order chi connectivity index (χ1) is 28.8. The van der Waals surface area contributed by atoms with Gasteiger partial charge >= 0.3 is 0 Å². The molecular weight excluding hydrogens is 701 g/mol. The standard InChI is InChI=1S/C56H34N2/c1-3-15-33-31(13-1)39-25-27-41-54-50(58-47-23-11-7-19-37(47)38-20-8-12-24-48(38)58)30-44-34-16-4-2-14-32(34)40-26-28-42(56(54)52(40)44)53-49(29-43(33)51(39)55(41)53)57-45-21-9-5-17-35(45)36-18-6-10-22-46(36)57/h1-29,40,44,52H,30H2. The number of aromatic nitrogens is 2. The van der Waals surface area contributed by atoms with Gasteiger partial charge in [0.1, 0.15) is 0 Å².